The second-order valence-corrected chi connectivity index (χ2v) is 15.3. The number of anilines is 1. The topological polar surface area (TPSA) is 120 Å². The van der Waals surface area contributed by atoms with Crippen molar-refractivity contribution in [2.45, 2.75) is 43.8 Å². The van der Waals surface area contributed by atoms with Crippen molar-refractivity contribution < 1.29 is 26.3 Å². The molecule has 2 aromatic carbocycles. The number of aromatic nitrogens is 2. The molecule has 41 heavy (non-hydrogen) atoms. The standard InChI is InChI=1S/C29H36N4O6S2/c1-20-25-15-14-24-26(21-10-12-23(13-11-21)31-40(4,34)35)33(41(36,37)32(2)3)30-27(24)28(25,22-8-6-5-7-9-22)16-17-29(20)38-18-19-39-29/h5-13,20,25,31H,14-19H2,1-4H3/t20-,25-,28+/m0/s1. The number of fused-ring (bicyclic) bond motifs is 3. The van der Waals surface area contributed by atoms with Gasteiger partial charge in [-0.3, -0.25) is 4.72 Å². The molecular formula is C29H36N4O6S2. The quantitative estimate of drug-likeness (QED) is 0.459. The second-order valence-electron chi connectivity index (χ2n) is 11.5. The van der Waals surface area contributed by atoms with Crippen LogP contribution in [0.3, 0.4) is 0 Å². The minimum absolute atomic E-state index is 0.0625. The normalized spacial score (nSPS) is 25.7. The number of hydrogen-bond acceptors (Lipinski definition) is 7. The second kappa shape index (κ2) is 9.91. The van der Waals surface area contributed by atoms with Crippen LogP contribution in [-0.4, -0.2) is 69.7 Å². The van der Waals surface area contributed by atoms with E-state index in [2.05, 4.69) is 23.8 Å². The van der Waals surface area contributed by atoms with Gasteiger partial charge in [0.15, 0.2) is 5.79 Å². The van der Waals surface area contributed by atoms with Crippen molar-refractivity contribution >= 4 is 25.9 Å². The maximum Gasteiger partial charge on any atom is 0.323 e. The van der Waals surface area contributed by atoms with Gasteiger partial charge in [0.1, 0.15) is 0 Å². The third kappa shape index (κ3) is 4.51. The molecule has 220 valence electrons. The first-order valence-electron chi connectivity index (χ1n) is 13.9. The van der Waals surface area contributed by atoms with Gasteiger partial charge in [-0.2, -0.15) is 17.8 Å². The maximum absolute atomic E-state index is 13.8. The largest absolute Gasteiger partial charge is 0.347 e. The predicted molar refractivity (Wildman–Crippen MR) is 156 cm³/mol. The van der Waals surface area contributed by atoms with E-state index in [1.54, 1.807) is 24.3 Å². The van der Waals surface area contributed by atoms with Crippen molar-refractivity contribution in [2.75, 3.05) is 38.3 Å². The van der Waals surface area contributed by atoms with Crippen molar-refractivity contribution in [3.8, 4) is 11.3 Å². The molecule has 1 aromatic heterocycles. The van der Waals surface area contributed by atoms with Gasteiger partial charge in [0.05, 0.1) is 30.9 Å². The van der Waals surface area contributed by atoms with Crippen LogP contribution in [0.15, 0.2) is 54.6 Å². The molecule has 12 heteroatoms. The lowest BCUT2D eigenvalue weighted by Gasteiger charge is -2.55. The number of hydrogen-bond donors (Lipinski definition) is 1. The minimum Gasteiger partial charge on any atom is -0.347 e. The van der Waals surface area contributed by atoms with Gasteiger partial charge in [0.2, 0.25) is 10.0 Å². The van der Waals surface area contributed by atoms with Crippen molar-refractivity contribution in [1.29, 1.82) is 0 Å². The zero-order chi connectivity index (χ0) is 29.2. The summed E-state index contributed by atoms with van der Waals surface area (Å²) in [7, 11) is -4.46. The number of rotatable bonds is 6. The van der Waals surface area contributed by atoms with Crippen LogP contribution in [0.4, 0.5) is 5.69 Å². The molecule has 3 aromatic rings. The molecule has 0 radical (unpaired) electrons. The summed E-state index contributed by atoms with van der Waals surface area (Å²) < 4.78 is 68.3. The maximum atomic E-state index is 13.8. The Balaban J connectivity index is 1.58. The minimum atomic E-state index is -3.99. The average molecular weight is 601 g/mol. The van der Waals surface area contributed by atoms with Crippen LogP contribution in [0.5, 0.6) is 0 Å². The lowest BCUT2D eigenvalue weighted by Crippen LogP contribution is -2.56. The molecule has 1 saturated carbocycles. The van der Waals surface area contributed by atoms with Crippen LogP contribution >= 0.6 is 0 Å². The molecule has 3 atom stereocenters. The summed E-state index contributed by atoms with van der Waals surface area (Å²) in [5.41, 5.74) is 3.80. The van der Waals surface area contributed by atoms with Gasteiger partial charge in [-0.05, 0) is 42.9 Å². The van der Waals surface area contributed by atoms with Gasteiger partial charge in [-0.15, -0.1) is 4.09 Å². The van der Waals surface area contributed by atoms with Gasteiger partial charge in [0, 0.05) is 48.7 Å². The number of nitrogens with zero attached hydrogens (tertiary/aromatic N) is 3. The van der Waals surface area contributed by atoms with Crippen molar-refractivity contribution in [2.24, 2.45) is 11.8 Å². The van der Waals surface area contributed by atoms with E-state index in [1.165, 1.54) is 22.5 Å². The fraction of sp³-hybridized carbons (Fsp3) is 0.483. The Hall–Kier alpha value is -2.77. The van der Waals surface area contributed by atoms with E-state index in [0.29, 0.717) is 49.4 Å². The fourth-order valence-corrected chi connectivity index (χ4v) is 8.76. The summed E-state index contributed by atoms with van der Waals surface area (Å²) in [5, 5.41) is 4.98. The molecule has 1 aliphatic heterocycles. The zero-order valence-electron chi connectivity index (χ0n) is 23.7. The highest BCUT2D eigenvalue weighted by Gasteiger charge is 2.61. The first-order valence-corrected chi connectivity index (χ1v) is 17.1. The Morgan fingerprint density at radius 1 is 0.976 bits per heavy atom. The van der Waals surface area contributed by atoms with E-state index < -0.39 is 31.4 Å². The molecule has 6 rings (SSSR count). The summed E-state index contributed by atoms with van der Waals surface area (Å²) >= 11 is 0. The van der Waals surface area contributed by atoms with Gasteiger partial charge < -0.3 is 9.47 Å². The SMILES string of the molecule is C[C@H]1[C@@H]2CCc3c(nn(S(=O)(=O)N(C)C)c3-c3ccc(NS(C)(=O)=O)cc3)[C@@]2(c2ccccc2)CCC12OCCO2. The third-order valence-corrected chi connectivity index (χ3v) is 11.3. The van der Waals surface area contributed by atoms with Gasteiger partial charge in [-0.25, -0.2) is 8.42 Å². The summed E-state index contributed by atoms with van der Waals surface area (Å²) in [6, 6.07) is 17.0. The Morgan fingerprint density at radius 2 is 1.63 bits per heavy atom. The average Bonchev–Trinajstić information content (AvgIpc) is 3.57. The van der Waals surface area contributed by atoms with Crippen LogP contribution in [0, 0.1) is 11.8 Å². The summed E-state index contributed by atoms with van der Waals surface area (Å²) in [4.78, 5) is 0. The summed E-state index contributed by atoms with van der Waals surface area (Å²) in [6.07, 6.45) is 3.91. The monoisotopic (exact) mass is 600 g/mol. The molecule has 0 amide bonds. The van der Waals surface area contributed by atoms with Crippen LogP contribution < -0.4 is 4.72 Å². The lowest BCUT2D eigenvalue weighted by molar-refractivity contribution is -0.232. The van der Waals surface area contributed by atoms with E-state index in [-0.39, 0.29) is 11.8 Å². The Labute approximate surface area is 241 Å². The Kier molecular flexibility index (Phi) is 6.85. The highest BCUT2D eigenvalue weighted by molar-refractivity contribution is 7.92. The number of nitrogens with one attached hydrogen (secondary N) is 1. The molecular weight excluding hydrogens is 564 g/mol. The zero-order valence-corrected chi connectivity index (χ0v) is 25.3. The highest BCUT2D eigenvalue weighted by atomic mass is 32.2. The van der Waals surface area contributed by atoms with Gasteiger partial charge in [0.25, 0.3) is 0 Å². The molecule has 1 saturated heterocycles. The number of ether oxygens (including phenoxy) is 2. The van der Waals surface area contributed by atoms with Gasteiger partial charge >= 0.3 is 10.2 Å². The van der Waals surface area contributed by atoms with E-state index in [0.717, 1.165) is 29.5 Å². The molecule has 2 aliphatic carbocycles. The van der Waals surface area contributed by atoms with E-state index in [9.17, 15) is 16.8 Å². The predicted octanol–water partition coefficient (Wildman–Crippen LogP) is 3.60. The fourth-order valence-electron chi connectivity index (χ4n) is 7.26. The van der Waals surface area contributed by atoms with E-state index in [4.69, 9.17) is 14.6 Å². The molecule has 1 N–H and O–H groups in total. The first-order chi connectivity index (χ1) is 19.4. The molecule has 1 spiro atoms. The molecule has 3 aliphatic rings. The first kappa shape index (κ1) is 28.4. The van der Waals surface area contributed by atoms with Crippen LogP contribution in [0.2, 0.25) is 0 Å². The van der Waals surface area contributed by atoms with E-state index >= 15 is 0 Å². The molecule has 0 bridgehead atoms. The van der Waals surface area contributed by atoms with Crippen LogP contribution in [0.25, 0.3) is 11.3 Å². The Bertz CT molecular complexity index is 1660. The number of benzene rings is 2. The molecule has 2 heterocycles. The van der Waals surface area contributed by atoms with E-state index in [1.807, 2.05) is 18.2 Å². The van der Waals surface area contributed by atoms with Crippen LogP contribution in [0.1, 0.15) is 43.0 Å². The summed E-state index contributed by atoms with van der Waals surface area (Å²) in [5.74, 6) is -0.458. The third-order valence-electron chi connectivity index (χ3n) is 9.09. The smallest absolute Gasteiger partial charge is 0.323 e. The summed E-state index contributed by atoms with van der Waals surface area (Å²) in [6.45, 7) is 3.34. The molecule has 10 nitrogen and oxygen atoms in total. The molecule has 2 fully saturated rings. The van der Waals surface area contributed by atoms with Gasteiger partial charge in [-0.1, -0.05) is 49.4 Å². The molecule has 0 unspecified atom stereocenters. The lowest BCUT2D eigenvalue weighted by atomic mass is 9.52. The highest BCUT2D eigenvalue weighted by Crippen LogP contribution is 2.60. The van der Waals surface area contributed by atoms with Crippen molar-refractivity contribution in [3.63, 3.8) is 0 Å². The van der Waals surface area contributed by atoms with Crippen molar-refractivity contribution in [3.05, 3.63) is 71.4 Å². The van der Waals surface area contributed by atoms with Crippen LogP contribution in [-0.2, 0) is 41.5 Å². The Morgan fingerprint density at radius 3 is 2.24 bits per heavy atom. The van der Waals surface area contributed by atoms with Crippen molar-refractivity contribution in [1.82, 2.24) is 13.5 Å². The number of sulfonamides is 1.